The quantitative estimate of drug-likeness (QED) is 0.446. The monoisotopic (exact) mass is 476 g/mol. The highest BCUT2D eigenvalue weighted by Crippen LogP contribution is 2.54. The summed E-state index contributed by atoms with van der Waals surface area (Å²) in [4.78, 5) is 17.6. The first-order chi connectivity index (χ1) is 16.3. The van der Waals surface area contributed by atoms with Gasteiger partial charge in [0, 0.05) is 37.1 Å². The van der Waals surface area contributed by atoms with Gasteiger partial charge in [0.2, 0.25) is 0 Å². The molecule has 1 aromatic heterocycles. The minimum absolute atomic E-state index is 0.276. The summed E-state index contributed by atoms with van der Waals surface area (Å²) in [6, 6.07) is 16.4. The second-order valence-electron chi connectivity index (χ2n) is 8.55. The molecule has 1 aliphatic heterocycles. The van der Waals surface area contributed by atoms with Gasteiger partial charge in [0.25, 0.3) is 5.91 Å². The van der Waals surface area contributed by atoms with E-state index in [4.69, 9.17) is 0 Å². The van der Waals surface area contributed by atoms with Gasteiger partial charge >= 0.3 is 0 Å². The number of amides is 1. The molecule has 4 rings (SSSR count). The number of benzene rings is 2. The number of carbonyl (C=O) groups excluding carboxylic acids is 1. The number of hydrogen-bond donors (Lipinski definition) is 3. The molecule has 0 atom stereocenters. The van der Waals surface area contributed by atoms with Gasteiger partial charge in [-0.3, -0.25) is 18.9 Å². The van der Waals surface area contributed by atoms with Crippen LogP contribution in [0.5, 0.6) is 0 Å². The van der Waals surface area contributed by atoms with Gasteiger partial charge in [0.15, 0.2) is 0 Å². The Bertz CT molecular complexity index is 1250. The molecule has 0 unspecified atom stereocenters. The van der Waals surface area contributed by atoms with Crippen LogP contribution in [0.1, 0.15) is 45.6 Å². The van der Waals surface area contributed by atoms with Crippen LogP contribution < -0.4 is 5.32 Å². The van der Waals surface area contributed by atoms with E-state index in [1.54, 1.807) is 34.8 Å². The molecule has 176 valence electrons. The molecule has 1 aliphatic rings. The Kier molecular flexibility index (Phi) is 7.00. The Labute approximate surface area is 201 Å². The smallest absolute Gasteiger partial charge is 0.251 e. The van der Waals surface area contributed by atoms with Gasteiger partial charge in [-0.1, -0.05) is 18.2 Å². The van der Waals surface area contributed by atoms with Crippen LogP contribution in [0, 0.1) is 25.2 Å². The number of hydrogen-bond acceptors (Lipinski definition) is 6. The molecule has 2 aromatic carbocycles. The molecule has 2 heterocycles. The van der Waals surface area contributed by atoms with Crippen molar-refractivity contribution >= 4 is 16.7 Å². The molecular weight excluding hydrogens is 448 g/mol. The predicted molar refractivity (Wildman–Crippen MR) is 133 cm³/mol. The standard InChI is InChI=1S/C26H28N4O3S/c1-18-5-8-25(23(11-18)15-27)21-12-22(26(31)29-17-20-7-6-19(2)28-16-20)14-24(13-21)34(32,33)30-9-3-4-10-30/h5-8,11-14,16,32-33H,3-4,9-10,17H2,1-2H3,(H,29,31). The minimum atomic E-state index is -3.26. The van der Waals surface area contributed by atoms with Gasteiger partial charge in [0.05, 0.1) is 16.5 Å². The summed E-state index contributed by atoms with van der Waals surface area (Å²) in [5, 5.41) is 12.6. The van der Waals surface area contributed by atoms with E-state index in [9.17, 15) is 19.2 Å². The molecule has 8 heteroatoms. The van der Waals surface area contributed by atoms with Crippen LogP contribution in [-0.2, 0) is 6.54 Å². The third-order valence-electron chi connectivity index (χ3n) is 5.94. The highest BCUT2D eigenvalue weighted by atomic mass is 32.3. The van der Waals surface area contributed by atoms with Gasteiger partial charge < -0.3 is 5.32 Å². The van der Waals surface area contributed by atoms with Crippen molar-refractivity contribution in [3.63, 3.8) is 0 Å². The van der Waals surface area contributed by atoms with Gasteiger partial charge in [0.1, 0.15) is 0 Å². The van der Waals surface area contributed by atoms with E-state index >= 15 is 0 Å². The predicted octanol–water partition coefficient (Wildman–Crippen LogP) is 5.29. The zero-order valence-electron chi connectivity index (χ0n) is 19.3. The molecule has 3 N–H and O–H groups in total. The number of carbonyl (C=O) groups is 1. The average Bonchev–Trinajstić information content (AvgIpc) is 3.39. The van der Waals surface area contributed by atoms with E-state index in [1.807, 2.05) is 38.1 Å². The van der Waals surface area contributed by atoms with Crippen molar-refractivity contribution < 1.29 is 13.9 Å². The maximum Gasteiger partial charge on any atom is 0.251 e. The van der Waals surface area contributed by atoms with Gasteiger partial charge in [-0.15, -0.1) is 10.8 Å². The summed E-state index contributed by atoms with van der Waals surface area (Å²) < 4.78 is 23.9. The number of nitriles is 1. The van der Waals surface area contributed by atoms with Crippen LogP contribution in [0.15, 0.2) is 59.6 Å². The van der Waals surface area contributed by atoms with Crippen LogP contribution in [-0.4, -0.2) is 37.4 Å². The fourth-order valence-corrected chi connectivity index (χ4v) is 5.66. The summed E-state index contributed by atoms with van der Waals surface area (Å²) in [7, 11) is -3.26. The first-order valence-electron chi connectivity index (χ1n) is 11.2. The molecule has 0 spiro atoms. The lowest BCUT2D eigenvalue weighted by atomic mass is 9.97. The fraction of sp³-hybridized carbons (Fsp3) is 0.269. The van der Waals surface area contributed by atoms with Crippen molar-refractivity contribution in [1.29, 1.82) is 5.26 Å². The van der Waals surface area contributed by atoms with Crippen LogP contribution in [0.4, 0.5) is 0 Å². The molecule has 0 radical (unpaired) electrons. The van der Waals surface area contributed by atoms with Crippen molar-refractivity contribution in [2.45, 2.75) is 38.1 Å². The van der Waals surface area contributed by atoms with E-state index in [2.05, 4.69) is 16.4 Å². The molecule has 1 saturated heterocycles. The zero-order chi connectivity index (χ0) is 24.3. The second-order valence-corrected chi connectivity index (χ2v) is 10.6. The highest BCUT2D eigenvalue weighted by molar-refractivity contribution is 8.22. The van der Waals surface area contributed by atoms with E-state index in [0.29, 0.717) is 41.9 Å². The molecule has 3 aromatic rings. The molecule has 34 heavy (non-hydrogen) atoms. The minimum Gasteiger partial charge on any atom is -0.348 e. The number of pyridine rings is 1. The topological polar surface area (TPSA) is 109 Å². The molecule has 7 nitrogen and oxygen atoms in total. The Morgan fingerprint density at radius 2 is 1.88 bits per heavy atom. The Hall–Kier alpha value is -3.22. The number of rotatable bonds is 6. The lowest BCUT2D eigenvalue weighted by molar-refractivity contribution is 0.0950. The molecule has 0 aliphatic carbocycles. The third kappa shape index (κ3) is 5.13. The van der Waals surface area contributed by atoms with Crippen molar-refractivity contribution in [1.82, 2.24) is 14.6 Å². The van der Waals surface area contributed by atoms with E-state index in [1.165, 1.54) is 0 Å². The van der Waals surface area contributed by atoms with Gasteiger partial charge in [-0.25, -0.2) is 4.31 Å². The van der Waals surface area contributed by atoms with Gasteiger partial charge in [-0.2, -0.15) is 5.26 Å². The van der Waals surface area contributed by atoms with E-state index < -0.39 is 10.8 Å². The summed E-state index contributed by atoms with van der Waals surface area (Å²) >= 11 is 0. The maximum absolute atomic E-state index is 13.1. The Morgan fingerprint density at radius 3 is 2.56 bits per heavy atom. The molecular formula is C26H28N4O3S. The highest BCUT2D eigenvalue weighted by Gasteiger charge is 2.29. The van der Waals surface area contributed by atoms with E-state index in [0.717, 1.165) is 29.7 Å². The van der Waals surface area contributed by atoms with Crippen LogP contribution in [0.25, 0.3) is 11.1 Å². The normalized spacial score (nSPS) is 14.6. The van der Waals surface area contributed by atoms with Crippen molar-refractivity contribution in [3.8, 4) is 17.2 Å². The molecule has 0 bridgehead atoms. The summed E-state index contributed by atoms with van der Waals surface area (Å²) in [6.45, 7) is 5.27. The second kappa shape index (κ2) is 9.95. The lowest BCUT2D eigenvalue weighted by Crippen LogP contribution is -2.26. The zero-order valence-corrected chi connectivity index (χ0v) is 20.1. The number of nitrogens with one attached hydrogen (secondary N) is 1. The molecule has 0 saturated carbocycles. The maximum atomic E-state index is 13.1. The first kappa shape index (κ1) is 23.9. The van der Waals surface area contributed by atoms with Gasteiger partial charge in [-0.05, 0) is 79.3 Å². The van der Waals surface area contributed by atoms with Crippen LogP contribution in [0.2, 0.25) is 0 Å². The molecule has 1 fully saturated rings. The number of aromatic nitrogens is 1. The number of aryl methyl sites for hydroxylation is 2. The summed E-state index contributed by atoms with van der Waals surface area (Å²) in [6.07, 6.45) is 3.50. The third-order valence-corrected chi connectivity index (χ3v) is 7.90. The summed E-state index contributed by atoms with van der Waals surface area (Å²) in [5.74, 6) is -0.342. The lowest BCUT2D eigenvalue weighted by Gasteiger charge is -2.41. The van der Waals surface area contributed by atoms with Crippen LogP contribution in [0.3, 0.4) is 0 Å². The average molecular weight is 477 g/mol. The van der Waals surface area contributed by atoms with Crippen molar-refractivity contribution in [2.24, 2.45) is 0 Å². The number of nitrogens with zero attached hydrogens (tertiary/aromatic N) is 3. The summed E-state index contributed by atoms with van der Waals surface area (Å²) in [5.41, 5.74) is 4.71. The SMILES string of the molecule is Cc1ccc(-c2cc(C(=O)NCc3ccc(C)nc3)cc(S(O)(O)N3CCCC3)c2)c(C#N)c1. The van der Waals surface area contributed by atoms with E-state index in [-0.39, 0.29) is 10.8 Å². The Morgan fingerprint density at radius 1 is 1.12 bits per heavy atom. The largest absolute Gasteiger partial charge is 0.348 e. The van der Waals surface area contributed by atoms with Crippen LogP contribution >= 0.6 is 10.8 Å². The van der Waals surface area contributed by atoms with Crippen molar-refractivity contribution in [3.05, 3.63) is 82.7 Å². The first-order valence-corrected chi connectivity index (χ1v) is 12.7. The van der Waals surface area contributed by atoms with Crippen molar-refractivity contribution in [2.75, 3.05) is 13.1 Å². The molecule has 1 amide bonds. The Balaban J connectivity index is 1.73. The fourth-order valence-electron chi connectivity index (χ4n) is 4.03.